The molecule has 2 unspecified atom stereocenters. The van der Waals surface area contributed by atoms with Crippen molar-refractivity contribution in [3.8, 4) is 0 Å². The van der Waals surface area contributed by atoms with Crippen molar-refractivity contribution in [1.29, 1.82) is 0 Å². The van der Waals surface area contributed by atoms with Crippen LogP contribution in [-0.2, 0) is 4.79 Å². The molecule has 0 aromatic heterocycles. The maximum absolute atomic E-state index is 11.3. The first-order valence-corrected chi connectivity index (χ1v) is 7.94. The first-order valence-electron chi connectivity index (χ1n) is 7.94. The highest BCUT2D eigenvalue weighted by molar-refractivity contribution is 5.78. The number of fused-ring (bicyclic) bond motifs is 1. The lowest BCUT2D eigenvalue weighted by molar-refractivity contribution is -0.144. The lowest BCUT2D eigenvalue weighted by Crippen LogP contribution is -2.48. The van der Waals surface area contributed by atoms with Crippen LogP contribution in [0.3, 0.4) is 0 Å². The molecule has 2 heterocycles. The average molecular weight is 283 g/mol. The van der Waals surface area contributed by atoms with E-state index in [1.54, 1.807) is 14.0 Å². The lowest BCUT2D eigenvalue weighted by Gasteiger charge is -2.28. The Morgan fingerprint density at radius 1 is 1.35 bits per heavy atom. The topological polar surface area (TPSA) is 55.8 Å². The van der Waals surface area contributed by atoms with Gasteiger partial charge in [0.2, 0.25) is 0 Å². The normalized spacial score (nSPS) is 27.8. The molecule has 0 amide bonds. The van der Waals surface area contributed by atoms with Gasteiger partial charge < -0.3 is 15.3 Å². The van der Waals surface area contributed by atoms with Crippen LogP contribution in [0.25, 0.3) is 0 Å². The summed E-state index contributed by atoms with van der Waals surface area (Å²) in [6, 6.07) is 0.743. The second kappa shape index (κ2) is 6.87. The molecular formula is C15H29N3O2. The summed E-state index contributed by atoms with van der Waals surface area (Å²) >= 11 is 0. The molecule has 0 aliphatic carbocycles. The van der Waals surface area contributed by atoms with Gasteiger partial charge in [0.1, 0.15) is 5.54 Å². The van der Waals surface area contributed by atoms with Gasteiger partial charge in [0, 0.05) is 12.6 Å². The molecule has 0 saturated carbocycles. The van der Waals surface area contributed by atoms with E-state index < -0.39 is 11.5 Å². The monoisotopic (exact) mass is 283 g/mol. The third-order valence-electron chi connectivity index (χ3n) is 5.06. The summed E-state index contributed by atoms with van der Waals surface area (Å²) in [5.74, 6) is -0.752. The number of nitrogens with zero attached hydrogens (tertiary/aromatic N) is 2. The van der Waals surface area contributed by atoms with Gasteiger partial charge >= 0.3 is 5.97 Å². The van der Waals surface area contributed by atoms with Crippen LogP contribution < -0.4 is 5.32 Å². The molecule has 5 heteroatoms. The van der Waals surface area contributed by atoms with E-state index in [0.29, 0.717) is 6.42 Å². The van der Waals surface area contributed by atoms with E-state index in [1.807, 2.05) is 0 Å². The minimum absolute atomic E-state index is 0.684. The smallest absolute Gasteiger partial charge is 0.323 e. The Kier molecular flexibility index (Phi) is 5.41. The molecule has 0 aromatic carbocycles. The number of hydrogen-bond acceptors (Lipinski definition) is 4. The molecule has 116 valence electrons. The van der Waals surface area contributed by atoms with Crippen LogP contribution in [0.5, 0.6) is 0 Å². The quantitative estimate of drug-likeness (QED) is 0.761. The predicted octanol–water partition coefficient (Wildman–Crippen LogP) is 0.999. The lowest BCUT2D eigenvalue weighted by atomic mass is 9.96. The Bertz CT molecular complexity index is 337. The number of nitrogens with one attached hydrogen (secondary N) is 1. The van der Waals surface area contributed by atoms with Gasteiger partial charge in [0.15, 0.2) is 0 Å². The number of likely N-dealkylation sites (N-methyl/N-ethyl adjacent to an activating group) is 1. The molecule has 20 heavy (non-hydrogen) atoms. The summed E-state index contributed by atoms with van der Waals surface area (Å²) in [4.78, 5) is 16.4. The van der Waals surface area contributed by atoms with E-state index in [4.69, 9.17) is 0 Å². The highest BCUT2D eigenvalue weighted by Crippen LogP contribution is 2.22. The largest absolute Gasteiger partial charge is 0.480 e. The van der Waals surface area contributed by atoms with Gasteiger partial charge in [-0.15, -0.1) is 0 Å². The van der Waals surface area contributed by atoms with Crippen molar-refractivity contribution >= 4 is 5.97 Å². The van der Waals surface area contributed by atoms with E-state index in [2.05, 4.69) is 15.1 Å². The van der Waals surface area contributed by atoms with Crippen LogP contribution in [0.15, 0.2) is 0 Å². The first kappa shape index (κ1) is 15.7. The zero-order chi connectivity index (χ0) is 14.6. The Balaban J connectivity index is 1.77. The summed E-state index contributed by atoms with van der Waals surface area (Å²) in [6.07, 6.45) is 5.55. The standard InChI is InChI=1S/C15H29N3O2/c1-15(16-2,14(19)20)7-4-8-17-9-5-11-18-10-3-6-13(18)12-17/h13,16H,3-12H2,1-2H3,(H,19,20). The maximum Gasteiger partial charge on any atom is 0.323 e. The third kappa shape index (κ3) is 3.71. The van der Waals surface area contributed by atoms with Crippen LogP contribution in [0.4, 0.5) is 0 Å². The van der Waals surface area contributed by atoms with E-state index >= 15 is 0 Å². The summed E-state index contributed by atoms with van der Waals surface area (Å²) in [5, 5.41) is 12.2. The van der Waals surface area contributed by atoms with Crippen molar-refractivity contribution in [2.24, 2.45) is 0 Å². The molecule has 2 N–H and O–H groups in total. The summed E-state index contributed by atoms with van der Waals surface area (Å²) in [5.41, 5.74) is -0.786. The Labute approximate surface area is 122 Å². The number of carboxylic acid groups (broad SMARTS) is 1. The average Bonchev–Trinajstić information content (AvgIpc) is 2.77. The van der Waals surface area contributed by atoms with Gasteiger partial charge in [-0.3, -0.25) is 9.69 Å². The molecule has 2 fully saturated rings. The zero-order valence-corrected chi connectivity index (χ0v) is 12.9. The fourth-order valence-electron chi connectivity index (χ4n) is 3.48. The van der Waals surface area contributed by atoms with E-state index in [1.165, 1.54) is 38.9 Å². The second-order valence-electron chi connectivity index (χ2n) is 6.48. The van der Waals surface area contributed by atoms with E-state index in [9.17, 15) is 9.90 Å². The minimum atomic E-state index is -0.786. The van der Waals surface area contributed by atoms with Crippen molar-refractivity contribution in [3.63, 3.8) is 0 Å². The number of rotatable bonds is 6. The molecule has 5 nitrogen and oxygen atoms in total. The van der Waals surface area contributed by atoms with Crippen molar-refractivity contribution < 1.29 is 9.90 Å². The van der Waals surface area contributed by atoms with Gasteiger partial charge in [-0.2, -0.15) is 0 Å². The Hall–Kier alpha value is -0.650. The SMILES string of the molecule is CNC(C)(CCCN1CCCN2CCCC2C1)C(=O)O. The van der Waals surface area contributed by atoms with Gasteiger partial charge in [0.05, 0.1) is 0 Å². The van der Waals surface area contributed by atoms with E-state index in [0.717, 1.165) is 25.6 Å². The van der Waals surface area contributed by atoms with Gasteiger partial charge in [-0.1, -0.05) is 0 Å². The van der Waals surface area contributed by atoms with E-state index in [-0.39, 0.29) is 0 Å². The molecule has 0 radical (unpaired) electrons. The molecule has 2 saturated heterocycles. The Morgan fingerprint density at radius 3 is 2.80 bits per heavy atom. The molecule has 2 atom stereocenters. The molecule has 0 bridgehead atoms. The second-order valence-corrected chi connectivity index (χ2v) is 6.48. The van der Waals surface area contributed by atoms with Crippen LogP contribution in [0.2, 0.25) is 0 Å². The van der Waals surface area contributed by atoms with Crippen LogP contribution in [-0.4, -0.2) is 72.2 Å². The fourth-order valence-corrected chi connectivity index (χ4v) is 3.48. The van der Waals surface area contributed by atoms with Crippen molar-refractivity contribution in [3.05, 3.63) is 0 Å². The van der Waals surface area contributed by atoms with Crippen LogP contribution in [0, 0.1) is 0 Å². The number of hydrogen-bond donors (Lipinski definition) is 2. The zero-order valence-electron chi connectivity index (χ0n) is 12.9. The van der Waals surface area contributed by atoms with Crippen LogP contribution in [0.1, 0.15) is 39.0 Å². The minimum Gasteiger partial charge on any atom is -0.480 e. The fraction of sp³-hybridized carbons (Fsp3) is 0.933. The predicted molar refractivity (Wildman–Crippen MR) is 80.0 cm³/mol. The molecule has 2 rings (SSSR count). The number of carbonyl (C=O) groups is 1. The third-order valence-corrected chi connectivity index (χ3v) is 5.06. The van der Waals surface area contributed by atoms with Crippen molar-refractivity contribution in [2.45, 2.75) is 50.6 Å². The molecule has 2 aliphatic heterocycles. The van der Waals surface area contributed by atoms with Crippen molar-refractivity contribution in [2.75, 3.05) is 39.8 Å². The number of carboxylic acids is 1. The first-order chi connectivity index (χ1) is 9.55. The van der Waals surface area contributed by atoms with Gasteiger partial charge in [-0.05, 0) is 72.3 Å². The summed E-state index contributed by atoms with van der Waals surface area (Å²) in [6.45, 7) is 7.64. The summed E-state index contributed by atoms with van der Waals surface area (Å²) in [7, 11) is 1.73. The molecule has 0 aromatic rings. The maximum atomic E-state index is 11.3. The molecular weight excluding hydrogens is 254 g/mol. The molecule has 2 aliphatic rings. The summed E-state index contributed by atoms with van der Waals surface area (Å²) < 4.78 is 0. The van der Waals surface area contributed by atoms with Crippen LogP contribution >= 0.6 is 0 Å². The highest BCUT2D eigenvalue weighted by atomic mass is 16.4. The molecule has 0 spiro atoms. The Morgan fingerprint density at radius 2 is 2.10 bits per heavy atom. The number of aliphatic carboxylic acids is 1. The van der Waals surface area contributed by atoms with Gasteiger partial charge in [0.25, 0.3) is 0 Å². The highest BCUT2D eigenvalue weighted by Gasteiger charge is 2.32. The van der Waals surface area contributed by atoms with Gasteiger partial charge in [-0.25, -0.2) is 0 Å². The van der Waals surface area contributed by atoms with Crippen molar-refractivity contribution in [1.82, 2.24) is 15.1 Å².